The van der Waals surface area contributed by atoms with Gasteiger partial charge in [0.25, 0.3) is 0 Å². The van der Waals surface area contributed by atoms with Crippen molar-refractivity contribution in [2.45, 2.75) is 12.5 Å². The topological polar surface area (TPSA) is 72.7 Å². The van der Waals surface area contributed by atoms with Crippen molar-refractivity contribution in [2.24, 2.45) is 0 Å². The molecular formula is C16H18ClN3O3S. The number of carbonyl (C=O) groups excluding carboxylic acids is 2. The number of nitrogens with zero attached hydrogens (tertiary/aromatic N) is 2. The maximum absolute atomic E-state index is 12.1. The minimum Gasteiger partial charge on any atom is -0.467 e. The molecule has 2 aromatic rings. The highest BCUT2D eigenvalue weighted by atomic mass is 35.5. The van der Waals surface area contributed by atoms with E-state index in [2.05, 4.69) is 10.3 Å². The summed E-state index contributed by atoms with van der Waals surface area (Å²) < 4.78 is 6.49. The SMILES string of the molecule is COC(=O)[C@@H](CCSC)NC(=O)/C=C/c1c(Cl)nc2ccccn12. The van der Waals surface area contributed by atoms with Crippen LogP contribution in [0, 0.1) is 0 Å². The number of nitrogens with one attached hydrogen (secondary N) is 1. The monoisotopic (exact) mass is 367 g/mol. The Morgan fingerprint density at radius 3 is 3.00 bits per heavy atom. The quantitative estimate of drug-likeness (QED) is 0.601. The second kappa shape index (κ2) is 8.75. The van der Waals surface area contributed by atoms with Crippen molar-refractivity contribution in [2.75, 3.05) is 19.1 Å². The van der Waals surface area contributed by atoms with Gasteiger partial charge in [0.2, 0.25) is 5.91 Å². The fourth-order valence-corrected chi connectivity index (χ4v) is 2.85. The summed E-state index contributed by atoms with van der Waals surface area (Å²) in [4.78, 5) is 28.0. The fraction of sp³-hybridized carbons (Fsp3) is 0.312. The van der Waals surface area contributed by atoms with Crippen LogP contribution in [0.15, 0.2) is 30.5 Å². The van der Waals surface area contributed by atoms with Crippen LogP contribution in [0.5, 0.6) is 0 Å². The normalized spacial score (nSPS) is 12.5. The Balaban J connectivity index is 2.10. The van der Waals surface area contributed by atoms with Gasteiger partial charge in [0.05, 0.1) is 12.8 Å². The Bertz CT molecular complexity index is 760. The smallest absolute Gasteiger partial charge is 0.328 e. The van der Waals surface area contributed by atoms with E-state index in [1.54, 1.807) is 22.2 Å². The van der Waals surface area contributed by atoms with Crippen molar-refractivity contribution in [3.05, 3.63) is 41.3 Å². The summed E-state index contributed by atoms with van der Waals surface area (Å²) in [6.07, 6.45) is 7.14. The Labute approximate surface area is 149 Å². The lowest BCUT2D eigenvalue weighted by molar-refractivity contribution is -0.144. The molecule has 128 valence electrons. The molecule has 1 N–H and O–H groups in total. The molecule has 0 aliphatic heterocycles. The Morgan fingerprint density at radius 2 is 2.29 bits per heavy atom. The molecule has 0 radical (unpaired) electrons. The van der Waals surface area contributed by atoms with Crippen LogP contribution < -0.4 is 5.32 Å². The van der Waals surface area contributed by atoms with Crippen molar-refractivity contribution >= 4 is 47.0 Å². The molecule has 0 saturated carbocycles. The minimum atomic E-state index is -0.669. The van der Waals surface area contributed by atoms with Crippen LogP contribution in [0.25, 0.3) is 11.7 Å². The third-order valence-corrected chi connectivity index (χ3v) is 4.25. The highest BCUT2D eigenvalue weighted by molar-refractivity contribution is 7.98. The fourth-order valence-electron chi connectivity index (χ4n) is 2.14. The number of halogens is 1. The van der Waals surface area contributed by atoms with Crippen LogP contribution in [0.4, 0.5) is 0 Å². The second-order valence-corrected chi connectivity index (χ2v) is 6.26. The van der Waals surface area contributed by atoms with Crippen molar-refractivity contribution in [3.63, 3.8) is 0 Å². The summed E-state index contributed by atoms with van der Waals surface area (Å²) in [5.74, 6) is -0.116. The van der Waals surface area contributed by atoms with Gasteiger partial charge in [-0.25, -0.2) is 9.78 Å². The van der Waals surface area contributed by atoms with E-state index in [1.807, 2.05) is 30.7 Å². The van der Waals surface area contributed by atoms with E-state index in [1.165, 1.54) is 13.2 Å². The number of aromatic nitrogens is 2. The zero-order valence-electron chi connectivity index (χ0n) is 13.4. The Hall–Kier alpha value is -1.99. The molecule has 0 aliphatic carbocycles. The van der Waals surface area contributed by atoms with Crippen molar-refractivity contribution in [1.82, 2.24) is 14.7 Å². The number of esters is 1. The molecule has 0 aliphatic rings. The third-order valence-electron chi connectivity index (χ3n) is 3.33. The van der Waals surface area contributed by atoms with Crippen LogP contribution in [0.2, 0.25) is 5.15 Å². The van der Waals surface area contributed by atoms with Gasteiger partial charge in [-0.15, -0.1) is 0 Å². The van der Waals surface area contributed by atoms with Crippen LogP contribution in [0.1, 0.15) is 12.1 Å². The highest BCUT2D eigenvalue weighted by Crippen LogP contribution is 2.18. The lowest BCUT2D eigenvalue weighted by atomic mass is 10.2. The molecule has 1 atom stereocenters. The predicted octanol–water partition coefficient (Wildman–Crippen LogP) is 2.41. The molecule has 0 unspecified atom stereocenters. The number of carbonyl (C=O) groups is 2. The number of ether oxygens (including phenoxy) is 1. The zero-order chi connectivity index (χ0) is 17.5. The summed E-state index contributed by atoms with van der Waals surface area (Å²) in [7, 11) is 1.30. The molecule has 1 amide bonds. The lowest BCUT2D eigenvalue weighted by Crippen LogP contribution is -2.41. The summed E-state index contributed by atoms with van der Waals surface area (Å²) in [6, 6.07) is 4.85. The van der Waals surface area contributed by atoms with E-state index >= 15 is 0 Å². The maximum atomic E-state index is 12.1. The van der Waals surface area contributed by atoms with Gasteiger partial charge in [-0.1, -0.05) is 17.7 Å². The zero-order valence-corrected chi connectivity index (χ0v) is 14.9. The molecule has 0 saturated heterocycles. The summed E-state index contributed by atoms with van der Waals surface area (Å²) in [5.41, 5.74) is 1.29. The molecule has 0 spiro atoms. The van der Waals surface area contributed by atoms with Gasteiger partial charge in [-0.2, -0.15) is 11.8 Å². The van der Waals surface area contributed by atoms with E-state index < -0.39 is 17.9 Å². The van der Waals surface area contributed by atoms with Crippen LogP contribution in [0.3, 0.4) is 0 Å². The third kappa shape index (κ3) is 4.52. The molecule has 6 nitrogen and oxygen atoms in total. The summed E-state index contributed by atoms with van der Waals surface area (Å²) in [5, 5.41) is 2.95. The van der Waals surface area contributed by atoms with E-state index in [0.717, 1.165) is 5.75 Å². The minimum absolute atomic E-state index is 0.303. The summed E-state index contributed by atoms with van der Waals surface area (Å²) in [6.45, 7) is 0. The van der Waals surface area contributed by atoms with Crippen LogP contribution in [-0.4, -0.2) is 46.4 Å². The molecule has 0 aromatic carbocycles. The average Bonchev–Trinajstić information content (AvgIpc) is 2.91. The van der Waals surface area contributed by atoms with Gasteiger partial charge < -0.3 is 10.1 Å². The van der Waals surface area contributed by atoms with Gasteiger partial charge in [-0.05, 0) is 36.6 Å². The first-order valence-corrected chi connectivity index (χ1v) is 9.02. The molecular weight excluding hydrogens is 350 g/mol. The highest BCUT2D eigenvalue weighted by Gasteiger charge is 2.20. The molecule has 2 rings (SSSR count). The van der Waals surface area contributed by atoms with E-state index in [4.69, 9.17) is 16.3 Å². The van der Waals surface area contributed by atoms with Gasteiger partial charge in [-0.3, -0.25) is 9.20 Å². The maximum Gasteiger partial charge on any atom is 0.328 e. The largest absolute Gasteiger partial charge is 0.467 e. The predicted molar refractivity (Wildman–Crippen MR) is 96.2 cm³/mol. The van der Waals surface area contributed by atoms with Crippen LogP contribution >= 0.6 is 23.4 Å². The first kappa shape index (κ1) is 18.4. The van der Waals surface area contributed by atoms with Crippen molar-refractivity contribution in [1.29, 1.82) is 0 Å². The van der Waals surface area contributed by atoms with Crippen molar-refractivity contribution in [3.8, 4) is 0 Å². The van der Waals surface area contributed by atoms with Gasteiger partial charge >= 0.3 is 5.97 Å². The number of imidazole rings is 1. The number of hydrogen-bond acceptors (Lipinski definition) is 5. The molecule has 2 heterocycles. The first-order valence-electron chi connectivity index (χ1n) is 7.24. The molecule has 2 aromatic heterocycles. The number of fused-ring (bicyclic) bond motifs is 1. The van der Waals surface area contributed by atoms with E-state index in [9.17, 15) is 9.59 Å². The standard InChI is InChI=1S/C16H18ClN3O3S/c1-23-16(22)11(8-10-24-2)18-14(21)7-6-12-15(17)19-13-5-3-4-9-20(12)13/h3-7,9,11H,8,10H2,1-2H3,(H,18,21)/b7-6+/t11-/m1/s1. The Kier molecular flexibility index (Phi) is 6.69. The number of methoxy groups -OCH3 is 1. The van der Waals surface area contributed by atoms with E-state index in [0.29, 0.717) is 22.9 Å². The average molecular weight is 368 g/mol. The van der Waals surface area contributed by atoms with Gasteiger partial charge in [0, 0.05) is 12.3 Å². The number of thioether (sulfide) groups is 1. The Morgan fingerprint density at radius 1 is 1.50 bits per heavy atom. The first-order chi connectivity index (χ1) is 11.6. The number of amides is 1. The lowest BCUT2D eigenvalue weighted by Gasteiger charge is -2.14. The number of pyridine rings is 1. The van der Waals surface area contributed by atoms with Gasteiger partial charge in [0.1, 0.15) is 11.7 Å². The molecule has 0 bridgehead atoms. The molecule has 24 heavy (non-hydrogen) atoms. The number of rotatable bonds is 7. The van der Waals surface area contributed by atoms with Crippen molar-refractivity contribution < 1.29 is 14.3 Å². The van der Waals surface area contributed by atoms with E-state index in [-0.39, 0.29) is 0 Å². The number of hydrogen-bond donors (Lipinski definition) is 1. The molecule has 8 heteroatoms. The van der Waals surface area contributed by atoms with Gasteiger partial charge in [0.15, 0.2) is 5.15 Å². The molecule has 0 fully saturated rings. The van der Waals surface area contributed by atoms with Crippen LogP contribution in [-0.2, 0) is 14.3 Å². The second-order valence-electron chi connectivity index (χ2n) is 4.92. The summed E-state index contributed by atoms with van der Waals surface area (Å²) >= 11 is 7.70.